The molecule has 1 rings (SSSR count). The molecule has 1 atom stereocenters. The van der Waals surface area contributed by atoms with Crippen LogP contribution in [0.5, 0.6) is 5.75 Å². The summed E-state index contributed by atoms with van der Waals surface area (Å²) in [6, 6.07) is 5.49. The van der Waals surface area contributed by atoms with Gasteiger partial charge in [-0.3, -0.25) is 5.32 Å². The van der Waals surface area contributed by atoms with Crippen LogP contribution in [0.1, 0.15) is 12.5 Å². The lowest BCUT2D eigenvalue weighted by Crippen LogP contribution is -2.46. The second-order valence-electron chi connectivity index (χ2n) is 3.89. The van der Waals surface area contributed by atoms with Gasteiger partial charge < -0.3 is 9.84 Å². The Kier molecular flexibility index (Phi) is 4.84. The first-order valence-corrected chi connectivity index (χ1v) is 5.37. The molecule has 0 spiro atoms. The van der Waals surface area contributed by atoms with Crippen LogP contribution in [0.2, 0.25) is 0 Å². The highest BCUT2D eigenvalue weighted by Gasteiger charge is 2.34. The molecular formula is C13H13F2NO3. The van der Waals surface area contributed by atoms with Gasteiger partial charge in [0, 0.05) is 0 Å². The van der Waals surface area contributed by atoms with Gasteiger partial charge in [0.25, 0.3) is 0 Å². The molecule has 0 bridgehead atoms. The lowest BCUT2D eigenvalue weighted by Gasteiger charge is -2.26. The number of alkyl halides is 2. The van der Waals surface area contributed by atoms with Crippen LogP contribution in [-0.2, 0) is 10.3 Å². The Balaban J connectivity index is 3.10. The van der Waals surface area contributed by atoms with Crippen LogP contribution in [0.4, 0.5) is 8.78 Å². The number of hydrogen-bond donors (Lipinski definition) is 2. The first kappa shape index (κ1) is 14.9. The molecule has 0 saturated heterocycles. The number of ether oxygens (including phenoxy) is 1. The first-order chi connectivity index (χ1) is 8.90. The fourth-order valence-electron chi connectivity index (χ4n) is 1.51. The molecule has 0 saturated carbocycles. The van der Waals surface area contributed by atoms with Gasteiger partial charge in [-0.15, -0.1) is 6.42 Å². The summed E-state index contributed by atoms with van der Waals surface area (Å²) in [7, 11) is 0. The SMILES string of the molecule is C#CCNC(C)(C(=O)O)c1cccc(OC(F)F)c1. The monoisotopic (exact) mass is 269 g/mol. The third kappa shape index (κ3) is 3.66. The largest absolute Gasteiger partial charge is 0.480 e. The van der Waals surface area contributed by atoms with Gasteiger partial charge in [0.1, 0.15) is 11.3 Å². The molecule has 0 heterocycles. The highest BCUT2D eigenvalue weighted by atomic mass is 19.3. The van der Waals surface area contributed by atoms with Gasteiger partial charge in [0.05, 0.1) is 6.54 Å². The summed E-state index contributed by atoms with van der Waals surface area (Å²) in [6.07, 6.45) is 5.08. The molecular weight excluding hydrogens is 256 g/mol. The molecule has 4 nitrogen and oxygen atoms in total. The quantitative estimate of drug-likeness (QED) is 0.773. The van der Waals surface area contributed by atoms with Crippen molar-refractivity contribution in [2.24, 2.45) is 0 Å². The maximum atomic E-state index is 12.1. The zero-order valence-electron chi connectivity index (χ0n) is 10.2. The van der Waals surface area contributed by atoms with Gasteiger partial charge in [0.2, 0.25) is 0 Å². The molecule has 1 unspecified atom stereocenters. The standard InChI is InChI=1S/C13H13F2NO3/c1-3-7-16-13(2,11(17)18)9-5-4-6-10(8-9)19-12(14)15/h1,4-6,8,12,16H,7H2,2H3,(H,17,18). The van der Waals surface area contributed by atoms with Crippen molar-refractivity contribution < 1.29 is 23.4 Å². The molecule has 0 aromatic heterocycles. The van der Waals surface area contributed by atoms with Crippen molar-refractivity contribution in [1.82, 2.24) is 5.32 Å². The lowest BCUT2D eigenvalue weighted by molar-refractivity contribution is -0.144. The van der Waals surface area contributed by atoms with E-state index >= 15 is 0 Å². The van der Waals surface area contributed by atoms with E-state index in [1.165, 1.54) is 31.2 Å². The Hall–Kier alpha value is -2.13. The Morgan fingerprint density at radius 3 is 2.84 bits per heavy atom. The van der Waals surface area contributed by atoms with Crippen LogP contribution < -0.4 is 10.1 Å². The minimum absolute atomic E-state index is 0.0305. The van der Waals surface area contributed by atoms with E-state index < -0.39 is 18.1 Å². The third-order valence-corrected chi connectivity index (χ3v) is 2.61. The number of rotatable bonds is 6. The van der Waals surface area contributed by atoms with Crippen molar-refractivity contribution in [2.45, 2.75) is 19.1 Å². The van der Waals surface area contributed by atoms with E-state index in [-0.39, 0.29) is 17.9 Å². The number of halogens is 2. The zero-order valence-corrected chi connectivity index (χ0v) is 10.2. The van der Waals surface area contributed by atoms with Crippen LogP contribution >= 0.6 is 0 Å². The molecule has 0 aliphatic heterocycles. The number of carboxylic acids is 1. The number of terminal acetylenes is 1. The molecule has 1 aromatic rings. The van der Waals surface area contributed by atoms with Gasteiger partial charge in [-0.25, -0.2) is 4.79 Å². The maximum absolute atomic E-state index is 12.1. The molecule has 1 aromatic carbocycles. The predicted molar refractivity (Wildman–Crippen MR) is 64.9 cm³/mol. The Bertz CT molecular complexity index is 499. The normalized spacial score (nSPS) is 13.6. The van der Waals surface area contributed by atoms with Crippen LogP contribution in [0.25, 0.3) is 0 Å². The minimum Gasteiger partial charge on any atom is -0.480 e. The van der Waals surface area contributed by atoms with Gasteiger partial charge in [0.15, 0.2) is 0 Å². The third-order valence-electron chi connectivity index (χ3n) is 2.61. The minimum atomic E-state index is -2.97. The Labute approximate surface area is 109 Å². The van der Waals surface area contributed by atoms with Gasteiger partial charge in [-0.1, -0.05) is 18.1 Å². The molecule has 102 valence electrons. The zero-order chi connectivity index (χ0) is 14.5. The Morgan fingerprint density at radius 1 is 1.63 bits per heavy atom. The van der Waals surface area contributed by atoms with E-state index in [1.807, 2.05) is 0 Å². The molecule has 0 radical (unpaired) electrons. The lowest BCUT2D eigenvalue weighted by atomic mass is 9.92. The number of carbonyl (C=O) groups is 1. The van der Waals surface area contributed by atoms with Crippen molar-refractivity contribution in [3.05, 3.63) is 29.8 Å². The van der Waals surface area contributed by atoms with E-state index in [2.05, 4.69) is 16.0 Å². The second kappa shape index (κ2) is 6.16. The molecule has 6 heteroatoms. The van der Waals surface area contributed by atoms with Crippen molar-refractivity contribution in [3.63, 3.8) is 0 Å². The maximum Gasteiger partial charge on any atom is 0.387 e. The van der Waals surface area contributed by atoms with Gasteiger partial charge in [-0.2, -0.15) is 8.78 Å². The number of nitrogens with one attached hydrogen (secondary N) is 1. The fourth-order valence-corrected chi connectivity index (χ4v) is 1.51. The van der Waals surface area contributed by atoms with Gasteiger partial charge in [-0.05, 0) is 24.6 Å². The summed E-state index contributed by atoms with van der Waals surface area (Å²) < 4.78 is 28.5. The van der Waals surface area contributed by atoms with Crippen molar-refractivity contribution in [1.29, 1.82) is 0 Å². The summed E-state index contributed by atoms with van der Waals surface area (Å²) in [5, 5.41) is 11.9. The van der Waals surface area contributed by atoms with Gasteiger partial charge >= 0.3 is 12.6 Å². The number of hydrogen-bond acceptors (Lipinski definition) is 3. The summed E-state index contributed by atoms with van der Waals surface area (Å²) in [5.41, 5.74) is -1.21. The topological polar surface area (TPSA) is 58.6 Å². The predicted octanol–water partition coefficient (Wildman–Crippen LogP) is 1.81. The molecule has 19 heavy (non-hydrogen) atoms. The van der Waals surface area contributed by atoms with E-state index in [1.54, 1.807) is 0 Å². The highest BCUT2D eigenvalue weighted by Crippen LogP contribution is 2.25. The smallest absolute Gasteiger partial charge is 0.387 e. The Morgan fingerprint density at radius 2 is 2.32 bits per heavy atom. The van der Waals surface area contributed by atoms with E-state index in [4.69, 9.17) is 6.42 Å². The fraction of sp³-hybridized carbons (Fsp3) is 0.308. The molecule has 0 aliphatic rings. The van der Waals surface area contributed by atoms with Crippen molar-refractivity contribution in [3.8, 4) is 18.1 Å². The van der Waals surface area contributed by atoms with E-state index in [0.717, 1.165) is 0 Å². The van der Waals surface area contributed by atoms with Crippen LogP contribution in [0, 0.1) is 12.3 Å². The van der Waals surface area contributed by atoms with E-state index in [0.29, 0.717) is 0 Å². The van der Waals surface area contributed by atoms with Crippen molar-refractivity contribution in [2.75, 3.05) is 6.54 Å². The average molecular weight is 269 g/mol. The molecule has 0 amide bonds. The number of carboxylic acid groups (broad SMARTS) is 1. The van der Waals surface area contributed by atoms with Crippen LogP contribution in [0.15, 0.2) is 24.3 Å². The average Bonchev–Trinajstić information content (AvgIpc) is 2.35. The summed E-state index contributed by atoms with van der Waals surface area (Å²) in [4.78, 5) is 11.3. The number of aliphatic carboxylic acids is 1. The summed E-state index contributed by atoms with van der Waals surface area (Å²) >= 11 is 0. The summed E-state index contributed by atoms with van der Waals surface area (Å²) in [6.45, 7) is -1.54. The van der Waals surface area contributed by atoms with Crippen LogP contribution in [0.3, 0.4) is 0 Å². The van der Waals surface area contributed by atoms with E-state index in [9.17, 15) is 18.7 Å². The van der Waals surface area contributed by atoms with Crippen LogP contribution in [-0.4, -0.2) is 24.2 Å². The molecule has 0 fully saturated rings. The molecule has 0 aliphatic carbocycles. The second-order valence-corrected chi connectivity index (χ2v) is 3.89. The summed E-state index contributed by atoms with van der Waals surface area (Å²) in [5.74, 6) is 0.991. The number of benzene rings is 1. The highest BCUT2D eigenvalue weighted by molar-refractivity contribution is 5.80. The first-order valence-electron chi connectivity index (χ1n) is 5.37. The molecule has 2 N–H and O–H groups in total. The van der Waals surface area contributed by atoms with Crippen molar-refractivity contribution >= 4 is 5.97 Å².